The Balaban J connectivity index is 2.15. The number of sulfonamides is 1. The molecular formula is C15H20N4O4S. The fourth-order valence-corrected chi connectivity index (χ4v) is 3.05. The monoisotopic (exact) mass is 352 g/mol. The van der Waals surface area contributed by atoms with Crippen molar-refractivity contribution in [2.75, 3.05) is 30.0 Å². The lowest BCUT2D eigenvalue weighted by Crippen LogP contribution is -2.17. The van der Waals surface area contributed by atoms with Gasteiger partial charge in [-0.25, -0.2) is 8.42 Å². The molecule has 0 amide bonds. The van der Waals surface area contributed by atoms with Crippen LogP contribution in [0.4, 0.5) is 17.3 Å². The molecule has 1 aromatic carbocycles. The van der Waals surface area contributed by atoms with Crippen LogP contribution in [0.3, 0.4) is 0 Å². The van der Waals surface area contributed by atoms with Crippen LogP contribution in [0.2, 0.25) is 0 Å². The molecule has 2 rings (SSSR count). The summed E-state index contributed by atoms with van der Waals surface area (Å²) >= 11 is 0. The molecule has 0 fully saturated rings. The van der Waals surface area contributed by atoms with Crippen LogP contribution in [-0.2, 0) is 10.0 Å². The van der Waals surface area contributed by atoms with E-state index >= 15 is 0 Å². The first kappa shape index (κ1) is 17.8. The summed E-state index contributed by atoms with van der Waals surface area (Å²) in [7, 11) is -0.254. The highest BCUT2D eigenvalue weighted by molar-refractivity contribution is 7.92. The van der Waals surface area contributed by atoms with Gasteiger partial charge in [-0.3, -0.25) is 4.72 Å². The van der Waals surface area contributed by atoms with Crippen molar-refractivity contribution >= 4 is 27.3 Å². The van der Waals surface area contributed by atoms with E-state index < -0.39 is 10.0 Å². The van der Waals surface area contributed by atoms with Crippen molar-refractivity contribution in [3.05, 3.63) is 30.3 Å². The van der Waals surface area contributed by atoms with Crippen LogP contribution in [0.25, 0.3) is 0 Å². The number of anilines is 3. The maximum Gasteiger partial charge on any atom is 0.233 e. The number of ether oxygens (including phenoxy) is 2. The third kappa shape index (κ3) is 4.72. The molecule has 0 aliphatic rings. The highest BCUT2D eigenvalue weighted by atomic mass is 32.2. The van der Waals surface area contributed by atoms with Gasteiger partial charge >= 0.3 is 0 Å². The lowest BCUT2D eigenvalue weighted by atomic mass is 10.2. The van der Waals surface area contributed by atoms with Gasteiger partial charge in [0.05, 0.1) is 25.7 Å². The van der Waals surface area contributed by atoms with Crippen LogP contribution in [-0.4, -0.2) is 38.6 Å². The molecule has 0 radical (unpaired) electrons. The highest BCUT2D eigenvalue weighted by Gasteiger charge is 2.11. The van der Waals surface area contributed by atoms with Crippen LogP contribution >= 0.6 is 0 Å². The Hall–Kier alpha value is -2.55. The summed E-state index contributed by atoms with van der Waals surface area (Å²) in [5.74, 6) is 1.93. The first-order valence-corrected chi connectivity index (χ1v) is 8.96. The number of nitrogens with one attached hydrogen (secondary N) is 2. The van der Waals surface area contributed by atoms with Gasteiger partial charge in [-0.2, -0.15) is 0 Å². The molecule has 2 N–H and O–H groups in total. The van der Waals surface area contributed by atoms with Crippen molar-refractivity contribution in [2.45, 2.75) is 13.3 Å². The van der Waals surface area contributed by atoms with Gasteiger partial charge in [-0.05, 0) is 30.7 Å². The molecule has 0 bridgehead atoms. The molecule has 1 heterocycles. The Labute approximate surface area is 141 Å². The van der Waals surface area contributed by atoms with Gasteiger partial charge in [-0.15, -0.1) is 10.2 Å². The number of methoxy groups -OCH3 is 2. The van der Waals surface area contributed by atoms with Crippen molar-refractivity contribution in [3.63, 3.8) is 0 Å². The average Bonchev–Trinajstić information content (AvgIpc) is 2.56. The predicted octanol–water partition coefficient (Wildman–Crippen LogP) is 2.39. The van der Waals surface area contributed by atoms with E-state index in [1.54, 1.807) is 45.4 Å². The van der Waals surface area contributed by atoms with Crippen molar-refractivity contribution in [2.24, 2.45) is 0 Å². The second kappa shape index (κ2) is 7.82. The zero-order valence-corrected chi connectivity index (χ0v) is 14.6. The lowest BCUT2D eigenvalue weighted by molar-refractivity contribution is 0.405. The van der Waals surface area contributed by atoms with Gasteiger partial charge in [0, 0.05) is 6.07 Å². The first-order valence-electron chi connectivity index (χ1n) is 7.30. The third-order valence-corrected chi connectivity index (χ3v) is 4.53. The van der Waals surface area contributed by atoms with E-state index in [0.717, 1.165) is 0 Å². The molecule has 2 aromatic rings. The molecule has 0 atom stereocenters. The molecule has 24 heavy (non-hydrogen) atoms. The van der Waals surface area contributed by atoms with E-state index in [1.807, 2.05) is 0 Å². The molecule has 1 aromatic heterocycles. The predicted molar refractivity (Wildman–Crippen MR) is 92.6 cm³/mol. The summed E-state index contributed by atoms with van der Waals surface area (Å²) < 4.78 is 36.2. The molecule has 130 valence electrons. The molecule has 0 saturated heterocycles. The zero-order chi connectivity index (χ0) is 17.6. The van der Waals surface area contributed by atoms with Crippen molar-refractivity contribution in [1.29, 1.82) is 0 Å². The fourth-order valence-electron chi connectivity index (χ4n) is 1.98. The smallest absolute Gasteiger partial charge is 0.233 e. The normalized spacial score (nSPS) is 11.0. The van der Waals surface area contributed by atoms with Crippen LogP contribution in [0.15, 0.2) is 30.3 Å². The lowest BCUT2D eigenvalue weighted by Gasteiger charge is -2.12. The molecule has 0 aliphatic heterocycles. The van der Waals surface area contributed by atoms with Gasteiger partial charge in [-0.1, -0.05) is 6.92 Å². The van der Waals surface area contributed by atoms with Crippen LogP contribution in [0, 0.1) is 0 Å². The largest absolute Gasteiger partial charge is 0.497 e. The zero-order valence-electron chi connectivity index (χ0n) is 13.7. The van der Waals surface area contributed by atoms with Gasteiger partial charge < -0.3 is 14.8 Å². The van der Waals surface area contributed by atoms with E-state index in [2.05, 4.69) is 20.2 Å². The summed E-state index contributed by atoms with van der Waals surface area (Å²) in [6, 6.07) is 8.46. The van der Waals surface area contributed by atoms with E-state index in [1.165, 1.54) is 6.07 Å². The Bertz CT molecular complexity index is 779. The summed E-state index contributed by atoms with van der Waals surface area (Å²) in [5, 5.41) is 10.9. The van der Waals surface area contributed by atoms with Gasteiger partial charge in [0.25, 0.3) is 0 Å². The van der Waals surface area contributed by atoms with E-state index in [9.17, 15) is 8.42 Å². The minimum absolute atomic E-state index is 0.0374. The van der Waals surface area contributed by atoms with Crippen LogP contribution < -0.4 is 19.5 Å². The van der Waals surface area contributed by atoms with Gasteiger partial charge in [0.2, 0.25) is 10.0 Å². The molecular weight excluding hydrogens is 332 g/mol. The number of hydrogen-bond donors (Lipinski definition) is 2. The van der Waals surface area contributed by atoms with Crippen molar-refractivity contribution in [3.8, 4) is 11.5 Å². The summed E-state index contributed by atoms with van der Waals surface area (Å²) in [6.07, 6.45) is 0.526. The van der Waals surface area contributed by atoms with Crippen molar-refractivity contribution < 1.29 is 17.9 Å². The Morgan fingerprint density at radius 2 is 1.75 bits per heavy atom. The molecule has 9 heteroatoms. The first-order chi connectivity index (χ1) is 11.5. The Morgan fingerprint density at radius 3 is 2.33 bits per heavy atom. The van der Waals surface area contributed by atoms with Crippen molar-refractivity contribution in [1.82, 2.24) is 10.2 Å². The number of nitrogens with zero attached hydrogens (tertiary/aromatic N) is 2. The summed E-state index contributed by atoms with van der Waals surface area (Å²) in [6.45, 7) is 1.79. The minimum Gasteiger partial charge on any atom is -0.497 e. The number of rotatable bonds is 8. The summed E-state index contributed by atoms with van der Waals surface area (Å²) in [5.41, 5.74) is 0.658. The van der Waals surface area contributed by atoms with E-state index in [4.69, 9.17) is 9.47 Å². The second-order valence-electron chi connectivity index (χ2n) is 4.92. The third-order valence-electron chi connectivity index (χ3n) is 3.07. The second-order valence-corrected chi connectivity index (χ2v) is 6.76. The quantitative estimate of drug-likeness (QED) is 0.752. The Kier molecular flexibility index (Phi) is 5.80. The highest BCUT2D eigenvalue weighted by Crippen LogP contribution is 2.30. The molecule has 0 aliphatic carbocycles. The molecule has 0 saturated carbocycles. The minimum atomic E-state index is -3.39. The number of aromatic nitrogens is 2. The number of benzene rings is 1. The fraction of sp³-hybridized carbons (Fsp3) is 0.333. The average molecular weight is 352 g/mol. The van der Waals surface area contributed by atoms with Crippen LogP contribution in [0.5, 0.6) is 11.5 Å². The topological polar surface area (TPSA) is 102 Å². The SMILES string of the molecule is CCCS(=O)(=O)Nc1ccc(Nc2cc(OC)ccc2OC)nn1. The summed E-state index contributed by atoms with van der Waals surface area (Å²) in [4.78, 5) is 0. The maximum absolute atomic E-state index is 11.7. The maximum atomic E-state index is 11.7. The van der Waals surface area contributed by atoms with E-state index in [0.29, 0.717) is 29.4 Å². The van der Waals surface area contributed by atoms with E-state index in [-0.39, 0.29) is 11.6 Å². The van der Waals surface area contributed by atoms with Crippen LogP contribution in [0.1, 0.15) is 13.3 Å². The van der Waals surface area contributed by atoms with Gasteiger partial charge in [0.1, 0.15) is 11.5 Å². The molecule has 0 unspecified atom stereocenters. The van der Waals surface area contributed by atoms with Gasteiger partial charge in [0.15, 0.2) is 11.6 Å². The standard InChI is InChI=1S/C15H20N4O4S/c1-4-9-24(20,21)19-15-8-7-14(17-18-15)16-12-10-11(22-2)5-6-13(12)23-3/h5-8,10H,4,9H2,1-3H3,(H,16,17)(H,18,19). The number of hydrogen-bond acceptors (Lipinski definition) is 7. The molecule has 0 spiro atoms. The molecule has 8 nitrogen and oxygen atoms in total. The Morgan fingerprint density at radius 1 is 1.04 bits per heavy atom.